The quantitative estimate of drug-likeness (QED) is 0.164. The molecule has 0 spiro atoms. The van der Waals surface area contributed by atoms with Gasteiger partial charge >= 0.3 is 0 Å². The van der Waals surface area contributed by atoms with Gasteiger partial charge in [0.15, 0.2) is 0 Å². The minimum atomic E-state index is -1.50. The topological polar surface area (TPSA) is 0 Å². The average molecular weight is 756 g/mol. The molecule has 0 nitrogen and oxygen atoms in total. The van der Waals surface area contributed by atoms with Crippen LogP contribution in [0.5, 0.6) is 0 Å². The fourth-order valence-corrected chi connectivity index (χ4v) is 461. The lowest BCUT2D eigenvalue weighted by Crippen LogP contribution is -2.99. The van der Waals surface area contributed by atoms with E-state index in [-0.39, 0.29) is 0 Å². The molecule has 0 amide bonds. The van der Waals surface area contributed by atoms with Gasteiger partial charge in [-0.25, -0.2) is 0 Å². The van der Waals surface area contributed by atoms with Crippen LogP contribution in [0.2, 0.25) is 182 Å². The number of hydrogen-bond donors (Lipinski definition) is 0. The van der Waals surface area contributed by atoms with Crippen LogP contribution in [0.15, 0.2) is 0 Å². The van der Waals surface area contributed by atoms with Crippen LogP contribution >= 0.6 is 0 Å². The summed E-state index contributed by atoms with van der Waals surface area (Å²) in [7, 11) is -13.7. The second-order valence-electron chi connectivity index (χ2n) is 22.8. The first-order valence-corrected chi connectivity index (χ1v) is 63.5. The Balaban J connectivity index is 8.15. The maximum Gasteiger partial charge on any atom is 0.0410 e. The van der Waals surface area contributed by atoms with Crippen molar-refractivity contribution in [1.82, 2.24) is 0 Å². The smallest absolute Gasteiger partial charge is 0.0410 e. The van der Waals surface area contributed by atoms with E-state index in [1.54, 1.807) is 11.3 Å². The molecule has 0 aromatic carbocycles. The zero-order valence-corrected chi connectivity index (χ0v) is 45.4. The summed E-state index contributed by atoms with van der Waals surface area (Å²) in [5, 5.41) is 0. The molecule has 0 rings (SSSR count). The fourth-order valence-electron chi connectivity index (χ4n) is 11.7. The van der Waals surface area contributed by atoms with Crippen LogP contribution in [0.4, 0.5) is 0 Å². The predicted octanol–water partition coefficient (Wildman–Crippen LogP) is 11.5. The van der Waals surface area contributed by atoms with Crippen LogP contribution in [-0.4, -0.2) is 88.2 Å². The molecule has 0 aliphatic heterocycles. The van der Waals surface area contributed by atoms with E-state index >= 15 is 0 Å². The third kappa shape index (κ3) is 6.97. The van der Waals surface area contributed by atoms with Crippen LogP contribution < -0.4 is 0 Å². The van der Waals surface area contributed by atoms with Crippen LogP contribution in [0.25, 0.3) is 0 Å². The molecule has 0 heterocycles. The minimum absolute atomic E-state index is 1.19. The maximum atomic E-state index is 3.12. The monoisotopic (exact) mass is 754 g/mol. The maximum absolute atomic E-state index is 3.12. The highest BCUT2D eigenvalue weighted by Gasteiger charge is 2.76. The SMILES string of the molecule is C[Si](C)(C)C[Si]([Si](C)(C)C)([Si](C)(C)C)[Si](C)(C)[Si](C)(C)[Si](C)(C)[Si](C)(C)[Si](C[Si](C)(C)C)([Si](C)(C)C)[Si](C)(C)C. The molecule has 0 aliphatic carbocycles. The van der Waals surface area contributed by atoms with Crippen LogP contribution in [0.1, 0.15) is 0 Å². The lowest BCUT2D eigenvalue weighted by Gasteiger charge is -2.72. The molecule has 0 atom stereocenters. The van der Waals surface area contributed by atoms with Gasteiger partial charge in [0.25, 0.3) is 0 Å². The summed E-state index contributed by atoms with van der Waals surface area (Å²) in [6.45, 7) is 73.4. The van der Waals surface area contributed by atoms with E-state index < -0.39 is 88.2 Å². The average Bonchev–Trinajstić information content (AvgIpc) is 2.57. The lowest BCUT2D eigenvalue weighted by molar-refractivity contribution is 1.58. The van der Waals surface area contributed by atoms with E-state index in [2.05, 4.69) is 170 Å². The summed E-state index contributed by atoms with van der Waals surface area (Å²) in [4.78, 5) is 0. The van der Waals surface area contributed by atoms with E-state index in [9.17, 15) is 0 Å². The predicted molar refractivity (Wildman–Crippen MR) is 231 cm³/mol. The first-order valence-electron chi connectivity index (χ1n) is 16.7. The Kier molecular flexibility index (Phi) is 12.4. The summed E-state index contributed by atoms with van der Waals surface area (Å²) in [6, 6.07) is 0. The third-order valence-electron chi connectivity index (χ3n) is 13.5. The zero-order valence-electron chi connectivity index (χ0n) is 33.4. The van der Waals surface area contributed by atoms with Crippen molar-refractivity contribution in [3.8, 4) is 0 Å². The van der Waals surface area contributed by atoms with Gasteiger partial charge in [-0.2, -0.15) is 0 Å². The van der Waals surface area contributed by atoms with Crippen molar-refractivity contribution in [1.29, 1.82) is 0 Å². The van der Waals surface area contributed by atoms with Crippen molar-refractivity contribution in [3.63, 3.8) is 0 Å². The molecule has 0 saturated heterocycles. The summed E-state index contributed by atoms with van der Waals surface area (Å²) in [5.74, 6) is 0. The van der Waals surface area contributed by atoms with Gasteiger partial charge in [-0.1, -0.05) is 182 Å². The molecular formula is C28H82Si12. The van der Waals surface area contributed by atoms with E-state index in [4.69, 9.17) is 0 Å². The van der Waals surface area contributed by atoms with Crippen molar-refractivity contribution in [2.24, 2.45) is 0 Å². The van der Waals surface area contributed by atoms with E-state index in [0.717, 1.165) is 0 Å². The first kappa shape index (κ1) is 42.6. The Morgan fingerprint density at radius 1 is 0.225 bits per heavy atom. The number of hydrogen-bond acceptors (Lipinski definition) is 0. The summed E-state index contributed by atoms with van der Waals surface area (Å²) in [5.41, 5.74) is 3.54. The molecule has 0 aromatic heterocycles. The van der Waals surface area contributed by atoms with Crippen LogP contribution in [0.3, 0.4) is 0 Å². The van der Waals surface area contributed by atoms with E-state index in [1.165, 1.54) is 0 Å². The van der Waals surface area contributed by atoms with Gasteiger partial charge in [-0.3, -0.25) is 0 Å². The van der Waals surface area contributed by atoms with Gasteiger partial charge in [-0.05, 0) is 0 Å². The minimum Gasteiger partial charge on any atom is -0.0737 e. The molecule has 12 heteroatoms. The van der Waals surface area contributed by atoms with Gasteiger partial charge in [0.1, 0.15) is 0 Å². The second-order valence-corrected chi connectivity index (χ2v) is 149. The molecule has 0 N–H and O–H groups in total. The normalized spacial score (nSPS) is 16.9. The molecule has 0 aliphatic rings. The summed E-state index contributed by atoms with van der Waals surface area (Å²) < 4.78 is 0. The van der Waals surface area contributed by atoms with Crippen LogP contribution in [0, 0.1) is 0 Å². The fraction of sp³-hybridized carbons (Fsp3) is 1.00. The first-order chi connectivity index (χ1) is 16.7. The lowest BCUT2D eigenvalue weighted by atomic mass is 11.7. The Morgan fingerprint density at radius 3 is 0.475 bits per heavy atom. The van der Waals surface area contributed by atoms with E-state index in [1.807, 2.05) is 0 Å². The van der Waals surface area contributed by atoms with Gasteiger partial charge in [0.05, 0.1) is 0 Å². The molecule has 0 radical (unpaired) electrons. The van der Waals surface area contributed by atoms with Crippen molar-refractivity contribution in [2.45, 2.75) is 182 Å². The van der Waals surface area contributed by atoms with Gasteiger partial charge in [0.2, 0.25) is 0 Å². The Labute approximate surface area is 267 Å². The van der Waals surface area contributed by atoms with Gasteiger partial charge in [0, 0.05) is 88.2 Å². The standard InChI is InChI=1S/C28H82Si12/c1-29(2,3)27-39(31(7,8)9,32(10,11)12)37(23,24)35(19,20)36(21,22)38(25,26)40(33(13,14)15,34(16,17)18)28-30(4,5)6/h27-28H2,1-26H3. The highest BCUT2D eigenvalue weighted by molar-refractivity contribution is 8.12. The van der Waals surface area contributed by atoms with Crippen molar-refractivity contribution < 1.29 is 0 Å². The summed E-state index contributed by atoms with van der Waals surface area (Å²) >= 11 is 0. The van der Waals surface area contributed by atoms with Crippen molar-refractivity contribution in [2.75, 3.05) is 0 Å². The summed E-state index contributed by atoms with van der Waals surface area (Å²) in [6.07, 6.45) is 0. The molecule has 242 valence electrons. The van der Waals surface area contributed by atoms with Crippen molar-refractivity contribution >= 4 is 88.2 Å². The largest absolute Gasteiger partial charge is 0.0737 e. The molecule has 0 fully saturated rings. The Hall–Kier alpha value is 2.60. The number of rotatable bonds is 13. The highest BCUT2D eigenvalue weighted by Crippen LogP contribution is 2.52. The molecule has 0 bridgehead atoms. The van der Waals surface area contributed by atoms with Crippen molar-refractivity contribution in [3.05, 3.63) is 0 Å². The zero-order chi connectivity index (χ0) is 33.4. The van der Waals surface area contributed by atoms with Gasteiger partial charge < -0.3 is 0 Å². The molecule has 0 unspecified atom stereocenters. The van der Waals surface area contributed by atoms with E-state index in [0.29, 0.717) is 0 Å². The Bertz CT molecular complexity index is 775. The van der Waals surface area contributed by atoms with Crippen LogP contribution in [-0.2, 0) is 0 Å². The second kappa shape index (κ2) is 11.7. The molecule has 40 heavy (non-hydrogen) atoms. The molecule has 0 aromatic rings. The Morgan fingerprint density at radius 2 is 0.375 bits per heavy atom. The van der Waals surface area contributed by atoms with Gasteiger partial charge in [-0.15, -0.1) is 0 Å². The molecule has 0 saturated carbocycles. The molecular weight excluding hydrogens is 673 g/mol. The highest BCUT2D eigenvalue weighted by atomic mass is 30.2. The third-order valence-corrected chi connectivity index (χ3v) is 265.